The molecule has 0 atom stereocenters. The van der Waals surface area contributed by atoms with Gasteiger partial charge >= 0.3 is 0 Å². The molecular weight excluding hydrogens is 258 g/mol. The number of benzene rings is 2. The molecule has 2 heteroatoms. The second-order valence-electron chi connectivity index (χ2n) is 5.53. The Morgan fingerprint density at radius 1 is 0.857 bits per heavy atom. The first-order valence-corrected chi connectivity index (χ1v) is 7.11. The maximum Gasteiger partial charge on any atom is 0.121 e. The van der Waals surface area contributed by atoms with Crippen molar-refractivity contribution in [1.82, 2.24) is 4.98 Å². The van der Waals surface area contributed by atoms with Crippen molar-refractivity contribution < 1.29 is 4.74 Å². The largest absolute Gasteiger partial charge is 0.497 e. The number of pyridine rings is 1. The quantitative estimate of drug-likeness (QED) is 0.669. The Bertz CT molecular complexity index is 821. The summed E-state index contributed by atoms with van der Waals surface area (Å²) in [7, 11) is 1.68. The van der Waals surface area contributed by atoms with Gasteiger partial charge in [0.15, 0.2) is 0 Å². The first-order valence-electron chi connectivity index (χ1n) is 7.11. The molecule has 0 saturated carbocycles. The van der Waals surface area contributed by atoms with E-state index in [0.29, 0.717) is 0 Å². The highest BCUT2D eigenvalue weighted by Crippen LogP contribution is 2.28. The van der Waals surface area contributed by atoms with Crippen molar-refractivity contribution in [3.05, 3.63) is 59.2 Å². The van der Waals surface area contributed by atoms with E-state index in [-0.39, 0.29) is 0 Å². The molecule has 0 unspecified atom stereocenters. The van der Waals surface area contributed by atoms with Gasteiger partial charge in [0.05, 0.1) is 18.3 Å². The zero-order valence-electron chi connectivity index (χ0n) is 12.9. The maximum atomic E-state index is 5.31. The molecule has 0 fully saturated rings. The molecule has 0 aliphatic rings. The van der Waals surface area contributed by atoms with Crippen molar-refractivity contribution in [3.63, 3.8) is 0 Å². The molecule has 21 heavy (non-hydrogen) atoms. The van der Waals surface area contributed by atoms with Gasteiger partial charge in [-0.2, -0.15) is 0 Å². The van der Waals surface area contributed by atoms with E-state index in [4.69, 9.17) is 9.72 Å². The molecule has 3 aromatic rings. The van der Waals surface area contributed by atoms with Crippen molar-refractivity contribution in [2.45, 2.75) is 20.8 Å². The minimum atomic E-state index is 0.840. The Labute approximate surface area is 125 Å². The molecule has 0 radical (unpaired) electrons. The summed E-state index contributed by atoms with van der Waals surface area (Å²) < 4.78 is 5.31. The third-order valence-corrected chi connectivity index (χ3v) is 3.88. The topological polar surface area (TPSA) is 22.1 Å². The molecule has 2 aromatic carbocycles. The van der Waals surface area contributed by atoms with Gasteiger partial charge in [-0.3, -0.25) is 0 Å². The van der Waals surface area contributed by atoms with Crippen LogP contribution in [0.3, 0.4) is 0 Å². The fourth-order valence-electron chi connectivity index (χ4n) is 2.75. The summed E-state index contributed by atoms with van der Waals surface area (Å²) in [6, 6.07) is 14.7. The van der Waals surface area contributed by atoms with Crippen molar-refractivity contribution in [2.75, 3.05) is 7.11 Å². The Kier molecular flexibility index (Phi) is 3.38. The van der Waals surface area contributed by atoms with E-state index < -0.39 is 0 Å². The van der Waals surface area contributed by atoms with E-state index in [1.165, 1.54) is 27.6 Å². The lowest BCUT2D eigenvalue weighted by Crippen LogP contribution is -1.92. The van der Waals surface area contributed by atoms with Gasteiger partial charge in [0.25, 0.3) is 0 Å². The average Bonchev–Trinajstić information content (AvgIpc) is 2.46. The summed E-state index contributed by atoms with van der Waals surface area (Å²) in [5.41, 5.74) is 6.95. The summed E-state index contributed by atoms with van der Waals surface area (Å²) in [4.78, 5) is 4.83. The van der Waals surface area contributed by atoms with Crippen molar-refractivity contribution in [2.24, 2.45) is 0 Å². The Hall–Kier alpha value is -2.35. The molecule has 0 aliphatic heterocycles. The Morgan fingerprint density at radius 3 is 2.38 bits per heavy atom. The molecule has 0 saturated heterocycles. The number of hydrogen-bond donors (Lipinski definition) is 0. The van der Waals surface area contributed by atoms with Crippen LogP contribution in [0.15, 0.2) is 42.5 Å². The highest BCUT2D eigenvalue weighted by atomic mass is 16.5. The highest BCUT2D eigenvalue weighted by Gasteiger charge is 2.08. The Balaban J connectivity index is 2.23. The molecule has 0 bridgehead atoms. The summed E-state index contributed by atoms with van der Waals surface area (Å²) in [5.74, 6) is 0.840. The number of fused-ring (bicyclic) bond motifs is 1. The standard InChI is InChI=1S/C19H19NO/c1-12-5-7-16(13(2)9-12)18-10-14(3)17-8-6-15(21-4)11-19(17)20-18/h5-11H,1-4H3. The zero-order chi connectivity index (χ0) is 15.0. The summed E-state index contributed by atoms with van der Waals surface area (Å²) in [6.07, 6.45) is 0. The lowest BCUT2D eigenvalue weighted by atomic mass is 10.00. The van der Waals surface area contributed by atoms with Gasteiger partial charge in [0.1, 0.15) is 5.75 Å². The number of rotatable bonds is 2. The van der Waals surface area contributed by atoms with E-state index in [9.17, 15) is 0 Å². The molecule has 0 spiro atoms. The van der Waals surface area contributed by atoms with Crippen molar-refractivity contribution in [1.29, 1.82) is 0 Å². The van der Waals surface area contributed by atoms with Gasteiger partial charge in [-0.25, -0.2) is 4.98 Å². The third kappa shape index (κ3) is 2.49. The maximum absolute atomic E-state index is 5.31. The monoisotopic (exact) mass is 277 g/mol. The van der Waals surface area contributed by atoms with Crippen LogP contribution in [0.4, 0.5) is 0 Å². The second kappa shape index (κ2) is 5.21. The second-order valence-corrected chi connectivity index (χ2v) is 5.53. The lowest BCUT2D eigenvalue weighted by molar-refractivity contribution is 0.415. The molecule has 1 aromatic heterocycles. The Morgan fingerprint density at radius 2 is 1.67 bits per heavy atom. The summed E-state index contributed by atoms with van der Waals surface area (Å²) in [6.45, 7) is 6.37. The van der Waals surface area contributed by atoms with Crippen LogP contribution in [-0.4, -0.2) is 12.1 Å². The van der Waals surface area contributed by atoms with Gasteiger partial charge in [-0.1, -0.05) is 23.8 Å². The van der Waals surface area contributed by atoms with Crippen LogP contribution in [0.5, 0.6) is 5.75 Å². The lowest BCUT2D eigenvalue weighted by Gasteiger charge is -2.10. The van der Waals surface area contributed by atoms with Gasteiger partial charge in [0.2, 0.25) is 0 Å². The van der Waals surface area contributed by atoms with Gasteiger partial charge in [-0.05, 0) is 50.1 Å². The number of hydrogen-bond acceptors (Lipinski definition) is 2. The van der Waals surface area contributed by atoms with Gasteiger partial charge in [0, 0.05) is 17.0 Å². The smallest absolute Gasteiger partial charge is 0.121 e. The first kappa shape index (κ1) is 13.6. The molecule has 3 rings (SSSR count). The third-order valence-electron chi connectivity index (χ3n) is 3.88. The van der Waals surface area contributed by atoms with Gasteiger partial charge < -0.3 is 4.74 Å². The van der Waals surface area contributed by atoms with Crippen LogP contribution < -0.4 is 4.74 Å². The van der Waals surface area contributed by atoms with E-state index in [0.717, 1.165) is 17.0 Å². The van der Waals surface area contributed by atoms with Crippen LogP contribution >= 0.6 is 0 Å². The van der Waals surface area contributed by atoms with E-state index in [2.05, 4.69) is 51.1 Å². The SMILES string of the molecule is COc1ccc2c(C)cc(-c3ccc(C)cc3C)nc2c1. The highest BCUT2D eigenvalue weighted by molar-refractivity contribution is 5.86. The summed E-state index contributed by atoms with van der Waals surface area (Å²) >= 11 is 0. The fraction of sp³-hybridized carbons (Fsp3) is 0.211. The minimum absolute atomic E-state index is 0.840. The van der Waals surface area contributed by atoms with Crippen molar-refractivity contribution in [3.8, 4) is 17.0 Å². The minimum Gasteiger partial charge on any atom is -0.497 e. The number of nitrogens with zero attached hydrogens (tertiary/aromatic N) is 1. The predicted octanol–water partition coefficient (Wildman–Crippen LogP) is 4.84. The normalized spacial score (nSPS) is 10.9. The predicted molar refractivity (Wildman–Crippen MR) is 87.9 cm³/mol. The summed E-state index contributed by atoms with van der Waals surface area (Å²) in [5, 5.41) is 1.17. The van der Waals surface area contributed by atoms with Crippen LogP contribution in [0.25, 0.3) is 22.2 Å². The molecule has 0 amide bonds. The van der Waals surface area contributed by atoms with E-state index in [1.54, 1.807) is 7.11 Å². The number of ether oxygens (including phenoxy) is 1. The molecule has 2 nitrogen and oxygen atoms in total. The molecule has 0 N–H and O–H groups in total. The van der Waals surface area contributed by atoms with E-state index >= 15 is 0 Å². The number of aromatic nitrogens is 1. The zero-order valence-corrected chi connectivity index (χ0v) is 12.9. The molecule has 106 valence electrons. The number of methoxy groups -OCH3 is 1. The average molecular weight is 277 g/mol. The van der Waals surface area contributed by atoms with Crippen LogP contribution in [0.1, 0.15) is 16.7 Å². The number of aryl methyl sites for hydroxylation is 3. The van der Waals surface area contributed by atoms with Crippen LogP contribution in [0.2, 0.25) is 0 Å². The molecular formula is C19H19NO. The van der Waals surface area contributed by atoms with Gasteiger partial charge in [-0.15, -0.1) is 0 Å². The van der Waals surface area contributed by atoms with Crippen molar-refractivity contribution >= 4 is 10.9 Å². The van der Waals surface area contributed by atoms with Crippen LogP contribution in [0, 0.1) is 20.8 Å². The molecule has 0 aliphatic carbocycles. The van der Waals surface area contributed by atoms with E-state index in [1.807, 2.05) is 12.1 Å². The fourth-order valence-corrected chi connectivity index (χ4v) is 2.75. The molecule has 1 heterocycles. The first-order chi connectivity index (χ1) is 10.1. The van der Waals surface area contributed by atoms with Crippen LogP contribution in [-0.2, 0) is 0 Å².